The maximum Gasteiger partial charge on any atom is 0.522 e. The number of ether oxygens (including phenoxy) is 1. The van der Waals surface area contributed by atoms with Gasteiger partial charge in [-0.2, -0.15) is 8.42 Å². The molecule has 1 aromatic heterocycles. The van der Waals surface area contributed by atoms with E-state index in [9.17, 15) is 31.2 Å². The number of nitrogens with zero attached hydrogens (tertiary/aromatic N) is 3. The number of aryl methyl sites for hydroxylation is 1. The first-order valence-corrected chi connectivity index (χ1v) is 11.4. The lowest BCUT2D eigenvalue weighted by Gasteiger charge is -2.08. The van der Waals surface area contributed by atoms with Gasteiger partial charge in [0.05, 0.1) is 12.3 Å². The van der Waals surface area contributed by atoms with E-state index in [1.807, 2.05) is 5.48 Å². The van der Waals surface area contributed by atoms with Crippen LogP contribution in [0.25, 0.3) is 0 Å². The average Bonchev–Trinajstić information content (AvgIpc) is 3.20. The molecule has 0 atom stereocenters. The number of halogens is 4. The van der Waals surface area contributed by atoms with Crippen molar-refractivity contribution in [3.63, 3.8) is 0 Å². The minimum atomic E-state index is -4.71. The van der Waals surface area contributed by atoms with E-state index in [0.717, 1.165) is 6.07 Å². The summed E-state index contributed by atoms with van der Waals surface area (Å²) >= 11 is 0. The lowest BCUT2D eigenvalue weighted by molar-refractivity contribution is -0.324. The van der Waals surface area contributed by atoms with Crippen molar-refractivity contribution in [2.24, 2.45) is 10.1 Å². The molecule has 6 N–H and O–H groups in total. The van der Waals surface area contributed by atoms with Gasteiger partial charge in [-0.15, -0.1) is 13.2 Å². The summed E-state index contributed by atoms with van der Waals surface area (Å²) < 4.78 is 82.2. The molecule has 0 aliphatic heterocycles. The predicted molar refractivity (Wildman–Crippen MR) is 111 cm³/mol. The van der Waals surface area contributed by atoms with Crippen LogP contribution >= 0.6 is 0 Å². The molecule has 0 radical (unpaired) electrons. The average molecular weight is 513 g/mol. The second kappa shape index (κ2) is 12.6. The Morgan fingerprint density at radius 1 is 1.21 bits per heavy atom. The zero-order valence-electron chi connectivity index (χ0n) is 17.6. The predicted octanol–water partition coefficient (Wildman–Crippen LogP) is 1.72. The first kappa shape index (κ1) is 27.4. The SMILES string of the molecule is NS(=O)(=O)NCCCNc1nonc1C(=Nc1ccc(F)c(CCCCOC(F)(F)F)c1)NO. The molecule has 190 valence electrons. The number of nitrogens with one attached hydrogen (secondary N) is 3. The largest absolute Gasteiger partial charge is 0.522 e. The van der Waals surface area contributed by atoms with Crippen molar-refractivity contribution in [1.82, 2.24) is 20.5 Å². The molecular formula is C17H23F4N7O5S. The third kappa shape index (κ3) is 9.96. The highest BCUT2D eigenvalue weighted by molar-refractivity contribution is 7.87. The summed E-state index contributed by atoms with van der Waals surface area (Å²) in [5, 5.41) is 24.4. The normalized spacial score (nSPS) is 12.7. The van der Waals surface area contributed by atoms with Crippen molar-refractivity contribution in [3.05, 3.63) is 35.3 Å². The Kier molecular flexibility index (Phi) is 10.1. The number of alkyl halides is 3. The van der Waals surface area contributed by atoms with Gasteiger partial charge in [-0.1, -0.05) is 0 Å². The van der Waals surface area contributed by atoms with E-state index in [0.29, 0.717) is 6.42 Å². The first-order valence-electron chi connectivity index (χ1n) is 9.80. The van der Waals surface area contributed by atoms with Gasteiger partial charge >= 0.3 is 6.36 Å². The van der Waals surface area contributed by atoms with Crippen molar-refractivity contribution in [2.75, 3.05) is 25.0 Å². The molecule has 0 spiro atoms. The second-order valence-corrected chi connectivity index (χ2v) is 8.16. The molecule has 0 aliphatic carbocycles. The fourth-order valence-corrected chi connectivity index (χ4v) is 3.09. The smallest absolute Gasteiger partial charge is 0.365 e. The van der Waals surface area contributed by atoms with Gasteiger partial charge in [0.1, 0.15) is 5.82 Å². The molecule has 0 amide bonds. The van der Waals surface area contributed by atoms with Gasteiger partial charge in [0.15, 0.2) is 11.5 Å². The van der Waals surface area contributed by atoms with E-state index in [1.54, 1.807) is 0 Å². The summed E-state index contributed by atoms with van der Waals surface area (Å²) in [7, 11) is -3.80. The first-order chi connectivity index (χ1) is 16.0. The van der Waals surface area contributed by atoms with Crippen molar-refractivity contribution >= 4 is 27.6 Å². The fourth-order valence-electron chi connectivity index (χ4n) is 2.66. The summed E-state index contributed by atoms with van der Waals surface area (Å²) in [6.07, 6.45) is -3.92. The fraction of sp³-hybridized carbons (Fsp3) is 0.471. The second-order valence-electron chi connectivity index (χ2n) is 6.78. The minimum absolute atomic E-state index is 0.0166. The molecule has 0 unspecified atom stereocenters. The Labute approximate surface area is 191 Å². The van der Waals surface area contributed by atoms with Crippen molar-refractivity contribution < 1.29 is 40.6 Å². The number of hydrogen-bond donors (Lipinski definition) is 5. The van der Waals surface area contributed by atoms with E-state index in [4.69, 9.17) is 5.14 Å². The molecule has 0 aliphatic rings. The highest BCUT2D eigenvalue weighted by Crippen LogP contribution is 2.22. The van der Waals surface area contributed by atoms with Crippen LogP contribution in [0.1, 0.15) is 30.5 Å². The lowest BCUT2D eigenvalue weighted by atomic mass is 10.1. The Hall–Kier alpha value is -2.86. The number of anilines is 1. The van der Waals surface area contributed by atoms with Crippen LogP contribution in [-0.2, 0) is 21.4 Å². The topological polar surface area (TPSA) is 177 Å². The maximum absolute atomic E-state index is 14.1. The van der Waals surface area contributed by atoms with E-state index in [-0.39, 0.29) is 61.0 Å². The van der Waals surface area contributed by atoms with E-state index >= 15 is 0 Å². The number of unbranched alkanes of at least 4 members (excludes halogenated alkanes) is 1. The zero-order chi connectivity index (χ0) is 25.2. The number of hydrogen-bond acceptors (Lipinski definition) is 9. The summed E-state index contributed by atoms with van der Waals surface area (Å²) in [6, 6.07) is 3.83. The van der Waals surface area contributed by atoms with Gasteiger partial charge < -0.3 is 5.32 Å². The quantitative estimate of drug-likeness (QED) is 0.0877. The maximum atomic E-state index is 14.1. The molecule has 34 heavy (non-hydrogen) atoms. The molecule has 1 heterocycles. The molecule has 0 bridgehead atoms. The van der Waals surface area contributed by atoms with Crippen LogP contribution in [0.5, 0.6) is 0 Å². The number of benzene rings is 1. The number of hydroxylamine groups is 1. The number of aliphatic imine (C=N–C) groups is 1. The van der Waals surface area contributed by atoms with Gasteiger partial charge in [0, 0.05) is 13.1 Å². The molecule has 0 saturated carbocycles. The van der Waals surface area contributed by atoms with E-state index in [1.165, 1.54) is 12.1 Å². The summed E-state index contributed by atoms with van der Waals surface area (Å²) in [4.78, 5) is 4.14. The molecule has 17 heteroatoms. The van der Waals surface area contributed by atoms with Crippen LogP contribution < -0.4 is 20.7 Å². The Bertz CT molecular complexity index is 1060. The van der Waals surface area contributed by atoms with Crippen LogP contribution in [0, 0.1) is 5.82 Å². The van der Waals surface area contributed by atoms with Crippen LogP contribution in [0.2, 0.25) is 0 Å². The molecule has 2 aromatic rings. The van der Waals surface area contributed by atoms with Gasteiger partial charge in [0.25, 0.3) is 10.2 Å². The highest BCUT2D eigenvalue weighted by atomic mass is 32.2. The number of nitrogens with two attached hydrogens (primary N) is 1. The van der Waals surface area contributed by atoms with Crippen molar-refractivity contribution in [3.8, 4) is 0 Å². The third-order valence-corrected chi connectivity index (χ3v) is 4.75. The number of aromatic nitrogens is 2. The molecule has 0 fully saturated rings. The summed E-state index contributed by atoms with van der Waals surface area (Å²) in [6.45, 7) is -0.234. The molecule has 0 saturated heterocycles. The minimum Gasteiger partial charge on any atom is -0.365 e. The Morgan fingerprint density at radius 2 is 1.97 bits per heavy atom. The summed E-state index contributed by atoms with van der Waals surface area (Å²) in [5.74, 6) is -0.668. The molecule has 12 nitrogen and oxygen atoms in total. The van der Waals surface area contributed by atoms with Crippen LogP contribution in [0.4, 0.5) is 29.1 Å². The number of rotatable bonds is 13. The standard InChI is InChI=1S/C17H23F4N7O5S/c18-13-6-5-12(10-11(13)4-1-2-9-32-17(19,20)21)25-16(26-29)14-15(28-33-27-14)23-7-3-8-24-34(22,30)31/h5-6,10,24,29H,1-4,7-9H2,(H,23,28)(H,25,26)(H2,22,30,31). The third-order valence-electron chi connectivity index (χ3n) is 4.14. The van der Waals surface area contributed by atoms with Crippen LogP contribution in [0.3, 0.4) is 0 Å². The highest BCUT2D eigenvalue weighted by Gasteiger charge is 2.28. The number of amidine groups is 1. The van der Waals surface area contributed by atoms with Gasteiger partial charge in [-0.05, 0) is 59.8 Å². The monoisotopic (exact) mass is 513 g/mol. The molecule has 2 rings (SSSR count). The van der Waals surface area contributed by atoms with Gasteiger partial charge in [-0.3, -0.25) is 15.4 Å². The van der Waals surface area contributed by atoms with Crippen molar-refractivity contribution in [2.45, 2.75) is 32.0 Å². The van der Waals surface area contributed by atoms with E-state index < -0.39 is 29.0 Å². The van der Waals surface area contributed by atoms with Gasteiger partial charge in [0.2, 0.25) is 5.82 Å². The molecule has 1 aromatic carbocycles. The lowest BCUT2D eigenvalue weighted by Crippen LogP contribution is -2.32. The van der Waals surface area contributed by atoms with Gasteiger partial charge in [-0.25, -0.2) is 23.9 Å². The Balaban J connectivity index is 2.01. The van der Waals surface area contributed by atoms with Crippen LogP contribution in [0.15, 0.2) is 27.8 Å². The Morgan fingerprint density at radius 3 is 2.65 bits per heavy atom. The van der Waals surface area contributed by atoms with Crippen LogP contribution in [-0.4, -0.2) is 55.8 Å². The zero-order valence-corrected chi connectivity index (χ0v) is 18.4. The molecular weight excluding hydrogens is 490 g/mol. The van der Waals surface area contributed by atoms with E-state index in [2.05, 4.69) is 34.7 Å². The summed E-state index contributed by atoms with van der Waals surface area (Å²) in [5.41, 5.74) is 2.26. The van der Waals surface area contributed by atoms with Crippen molar-refractivity contribution in [1.29, 1.82) is 0 Å².